The third kappa shape index (κ3) is 6.28. The number of anilines is 1. The van der Waals surface area contributed by atoms with Crippen LogP contribution in [0.5, 0.6) is 5.75 Å². The molecule has 6 heteroatoms. The molecule has 0 fully saturated rings. The third-order valence-electron chi connectivity index (χ3n) is 3.89. The monoisotopic (exact) mass is 374 g/mol. The predicted molar refractivity (Wildman–Crippen MR) is 106 cm³/mol. The number of hydrogen-bond donors (Lipinski definition) is 1. The van der Waals surface area contributed by atoms with Crippen LogP contribution in [0.1, 0.15) is 13.3 Å². The number of methoxy groups -OCH3 is 1. The maximum Gasteiger partial charge on any atom is 0.238 e. The van der Waals surface area contributed by atoms with E-state index in [1.165, 1.54) is 0 Å². The van der Waals surface area contributed by atoms with Crippen LogP contribution in [-0.4, -0.2) is 47.5 Å². The van der Waals surface area contributed by atoms with Crippen LogP contribution in [0.4, 0.5) is 5.69 Å². The van der Waals surface area contributed by atoms with E-state index in [9.17, 15) is 9.00 Å². The first-order valence-corrected chi connectivity index (χ1v) is 10.0. The van der Waals surface area contributed by atoms with Gasteiger partial charge in [-0.2, -0.15) is 0 Å². The van der Waals surface area contributed by atoms with Crippen molar-refractivity contribution in [1.29, 1.82) is 0 Å². The molecule has 2 rings (SSSR count). The molecular weight excluding hydrogens is 348 g/mol. The summed E-state index contributed by atoms with van der Waals surface area (Å²) in [6.45, 7) is 3.72. The number of carbonyl (C=O) groups excluding carboxylic acids is 1. The lowest BCUT2D eigenvalue weighted by Gasteiger charge is -2.21. The summed E-state index contributed by atoms with van der Waals surface area (Å²) >= 11 is 0. The number of benzene rings is 2. The number of hydrogen-bond acceptors (Lipinski definition) is 4. The normalized spacial score (nSPS) is 12.0. The highest BCUT2D eigenvalue weighted by Crippen LogP contribution is 2.22. The van der Waals surface area contributed by atoms with E-state index in [1.807, 2.05) is 59.5 Å². The first-order chi connectivity index (χ1) is 12.6. The van der Waals surface area contributed by atoms with Crippen molar-refractivity contribution in [3.05, 3.63) is 54.6 Å². The topological polar surface area (TPSA) is 58.6 Å². The number of ether oxygens (including phenoxy) is 1. The smallest absolute Gasteiger partial charge is 0.238 e. The van der Waals surface area contributed by atoms with Gasteiger partial charge in [-0.1, -0.05) is 37.3 Å². The first kappa shape index (κ1) is 20.1. The van der Waals surface area contributed by atoms with E-state index >= 15 is 0 Å². The lowest BCUT2D eigenvalue weighted by atomic mass is 10.3. The minimum atomic E-state index is -1.06. The minimum Gasteiger partial charge on any atom is -0.495 e. The van der Waals surface area contributed by atoms with Gasteiger partial charge < -0.3 is 10.1 Å². The quantitative estimate of drug-likeness (QED) is 0.694. The molecular formula is C20H26N2O3S. The fourth-order valence-corrected chi connectivity index (χ4v) is 3.75. The van der Waals surface area contributed by atoms with E-state index in [0.717, 1.165) is 17.9 Å². The van der Waals surface area contributed by atoms with Crippen LogP contribution in [0.3, 0.4) is 0 Å². The van der Waals surface area contributed by atoms with Gasteiger partial charge in [-0.3, -0.25) is 13.9 Å². The molecule has 1 amide bonds. The van der Waals surface area contributed by atoms with Crippen molar-refractivity contribution in [3.63, 3.8) is 0 Å². The molecule has 5 nitrogen and oxygen atoms in total. The second-order valence-electron chi connectivity index (χ2n) is 5.89. The molecule has 26 heavy (non-hydrogen) atoms. The Bertz CT molecular complexity index is 722. The Morgan fingerprint density at radius 3 is 2.46 bits per heavy atom. The Labute approximate surface area is 157 Å². The van der Waals surface area contributed by atoms with Crippen molar-refractivity contribution >= 4 is 22.4 Å². The molecule has 1 unspecified atom stereocenters. The number of carbonyl (C=O) groups is 1. The Morgan fingerprint density at radius 1 is 1.08 bits per heavy atom. The van der Waals surface area contributed by atoms with Gasteiger partial charge in [-0.05, 0) is 37.2 Å². The zero-order valence-electron chi connectivity index (χ0n) is 15.3. The Hall–Kier alpha value is -2.18. The summed E-state index contributed by atoms with van der Waals surface area (Å²) in [5.74, 6) is 1.04. The summed E-state index contributed by atoms with van der Waals surface area (Å²) < 4.78 is 17.6. The molecule has 0 saturated heterocycles. The van der Waals surface area contributed by atoms with Gasteiger partial charge in [0.25, 0.3) is 0 Å². The van der Waals surface area contributed by atoms with Crippen molar-refractivity contribution in [2.75, 3.05) is 37.8 Å². The molecule has 0 aliphatic rings. The first-order valence-electron chi connectivity index (χ1n) is 8.72. The van der Waals surface area contributed by atoms with Gasteiger partial charge in [-0.25, -0.2) is 0 Å². The van der Waals surface area contributed by atoms with E-state index in [4.69, 9.17) is 4.74 Å². The summed E-state index contributed by atoms with van der Waals surface area (Å²) in [7, 11) is 0.518. The van der Waals surface area contributed by atoms with E-state index in [0.29, 0.717) is 23.7 Å². The third-order valence-corrected chi connectivity index (χ3v) is 5.24. The molecule has 0 heterocycles. The van der Waals surface area contributed by atoms with Crippen LogP contribution in [0.25, 0.3) is 0 Å². The predicted octanol–water partition coefficient (Wildman–Crippen LogP) is 3.15. The molecule has 0 spiro atoms. The van der Waals surface area contributed by atoms with Crippen molar-refractivity contribution in [1.82, 2.24) is 4.90 Å². The van der Waals surface area contributed by atoms with Crippen LogP contribution in [0, 0.1) is 0 Å². The molecule has 0 aliphatic carbocycles. The lowest BCUT2D eigenvalue weighted by Crippen LogP contribution is -2.36. The maximum atomic E-state index is 12.4. The van der Waals surface area contributed by atoms with Crippen LogP contribution in [0.2, 0.25) is 0 Å². The SMILES string of the molecule is CCCN(CCS(=O)c1ccccc1)CC(=O)Nc1ccccc1OC. The molecule has 1 atom stereocenters. The van der Waals surface area contributed by atoms with Gasteiger partial charge in [0.15, 0.2) is 0 Å². The van der Waals surface area contributed by atoms with Gasteiger partial charge in [0.05, 0.1) is 30.1 Å². The molecule has 140 valence electrons. The Balaban J connectivity index is 1.90. The maximum absolute atomic E-state index is 12.4. The number of amides is 1. The fourth-order valence-electron chi connectivity index (χ4n) is 2.63. The second kappa shape index (κ2) is 10.7. The minimum absolute atomic E-state index is 0.103. The highest BCUT2D eigenvalue weighted by Gasteiger charge is 2.13. The summed E-state index contributed by atoms with van der Waals surface area (Å²) in [4.78, 5) is 15.3. The average molecular weight is 375 g/mol. The highest BCUT2D eigenvalue weighted by molar-refractivity contribution is 7.85. The zero-order chi connectivity index (χ0) is 18.8. The van der Waals surface area contributed by atoms with Gasteiger partial charge in [0.2, 0.25) is 5.91 Å². The van der Waals surface area contributed by atoms with Gasteiger partial charge in [-0.15, -0.1) is 0 Å². The van der Waals surface area contributed by atoms with Crippen LogP contribution in [0.15, 0.2) is 59.5 Å². The molecule has 0 saturated carbocycles. The van der Waals surface area contributed by atoms with E-state index in [-0.39, 0.29) is 12.5 Å². The van der Waals surface area contributed by atoms with E-state index in [2.05, 4.69) is 12.2 Å². The molecule has 2 aromatic rings. The summed E-state index contributed by atoms with van der Waals surface area (Å²) in [6, 6.07) is 16.8. The number of rotatable bonds is 10. The van der Waals surface area contributed by atoms with E-state index in [1.54, 1.807) is 7.11 Å². The highest BCUT2D eigenvalue weighted by atomic mass is 32.2. The summed E-state index contributed by atoms with van der Waals surface area (Å²) in [5, 5.41) is 2.89. The summed E-state index contributed by atoms with van der Waals surface area (Å²) in [6.07, 6.45) is 0.930. The van der Waals surface area contributed by atoms with Crippen LogP contribution in [-0.2, 0) is 15.6 Å². The van der Waals surface area contributed by atoms with Crippen molar-refractivity contribution in [3.8, 4) is 5.75 Å². The van der Waals surface area contributed by atoms with Crippen molar-refractivity contribution in [2.24, 2.45) is 0 Å². The Morgan fingerprint density at radius 2 is 1.77 bits per heavy atom. The Kier molecular flexibility index (Phi) is 8.31. The average Bonchev–Trinajstić information content (AvgIpc) is 2.67. The lowest BCUT2D eigenvalue weighted by molar-refractivity contribution is -0.117. The molecule has 1 N–H and O–H groups in total. The number of nitrogens with zero attached hydrogens (tertiary/aromatic N) is 1. The standard InChI is InChI=1S/C20H26N2O3S/c1-3-13-22(14-15-26(24)17-9-5-4-6-10-17)16-20(23)21-18-11-7-8-12-19(18)25-2/h4-12H,3,13-16H2,1-2H3,(H,21,23). The molecule has 0 aromatic heterocycles. The van der Waals surface area contributed by atoms with Crippen LogP contribution < -0.4 is 10.1 Å². The fraction of sp³-hybridized carbons (Fsp3) is 0.350. The summed E-state index contributed by atoms with van der Waals surface area (Å²) in [5.41, 5.74) is 0.657. The molecule has 0 bridgehead atoms. The number of para-hydroxylation sites is 2. The molecule has 0 aliphatic heterocycles. The van der Waals surface area contributed by atoms with Gasteiger partial charge in [0.1, 0.15) is 5.75 Å². The van der Waals surface area contributed by atoms with Crippen molar-refractivity contribution < 1.29 is 13.7 Å². The van der Waals surface area contributed by atoms with Crippen LogP contribution >= 0.6 is 0 Å². The van der Waals surface area contributed by atoms with Crippen molar-refractivity contribution in [2.45, 2.75) is 18.2 Å². The largest absolute Gasteiger partial charge is 0.495 e. The zero-order valence-corrected chi connectivity index (χ0v) is 16.1. The second-order valence-corrected chi connectivity index (χ2v) is 7.46. The van der Waals surface area contributed by atoms with E-state index < -0.39 is 10.8 Å². The van der Waals surface area contributed by atoms with Gasteiger partial charge >= 0.3 is 0 Å². The van der Waals surface area contributed by atoms with Gasteiger partial charge in [0, 0.05) is 17.2 Å². The molecule has 2 aromatic carbocycles. The number of nitrogens with one attached hydrogen (secondary N) is 1. The molecule has 0 radical (unpaired) electrons.